The largest absolute Gasteiger partial charge is 0.337 e. The van der Waals surface area contributed by atoms with Crippen molar-refractivity contribution < 1.29 is 18.5 Å². The summed E-state index contributed by atoms with van der Waals surface area (Å²) < 4.78 is 19.2. The van der Waals surface area contributed by atoms with Crippen molar-refractivity contribution in [2.75, 3.05) is 19.6 Å². The second kappa shape index (κ2) is 7.59. The SMILES string of the molecule is CCC(=O)N1CCCN(C(=O)c2ccncc2F)CC1c1nc(C)no1. The van der Waals surface area contributed by atoms with Gasteiger partial charge >= 0.3 is 0 Å². The van der Waals surface area contributed by atoms with Gasteiger partial charge in [0.2, 0.25) is 5.91 Å². The fraction of sp³-hybridized carbons (Fsp3) is 0.471. The van der Waals surface area contributed by atoms with Crippen molar-refractivity contribution in [3.63, 3.8) is 0 Å². The number of amides is 2. The van der Waals surface area contributed by atoms with E-state index in [9.17, 15) is 14.0 Å². The number of carbonyl (C=O) groups excluding carboxylic acids is 2. The van der Waals surface area contributed by atoms with Crippen LogP contribution in [0.1, 0.15) is 47.9 Å². The summed E-state index contributed by atoms with van der Waals surface area (Å²) in [6.45, 7) is 4.48. The maximum atomic E-state index is 14.0. The molecule has 3 heterocycles. The Morgan fingerprint density at radius 1 is 1.38 bits per heavy atom. The number of aryl methyl sites for hydroxylation is 1. The molecule has 3 rings (SSSR count). The number of aromatic nitrogens is 3. The molecule has 26 heavy (non-hydrogen) atoms. The number of carbonyl (C=O) groups is 2. The Morgan fingerprint density at radius 2 is 2.19 bits per heavy atom. The first-order valence-electron chi connectivity index (χ1n) is 8.49. The predicted octanol–water partition coefficient (Wildman–Crippen LogP) is 1.74. The zero-order valence-corrected chi connectivity index (χ0v) is 14.7. The third-order valence-corrected chi connectivity index (χ3v) is 4.34. The van der Waals surface area contributed by atoms with Crippen LogP contribution in [0.25, 0.3) is 0 Å². The lowest BCUT2D eigenvalue weighted by Crippen LogP contribution is -2.40. The second-order valence-corrected chi connectivity index (χ2v) is 6.10. The average molecular weight is 361 g/mol. The van der Waals surface area contributed by atoms with Crippen LogP contribution in [0.3, 0.4) is 0 Å². The number of hydrogen-bond donors (Lipinski definition) is 0. The van der Waals surface area contributed by atoms with Crippen LogP contribution in [-0.2, 0) is 4.79 Å². The monoisotopic (exact) mass is 361 g/mol. The van der Waals surface area contributed by atoms with Crippen LogP contribution in [0.2, 0.25) is 0 Å². The minimum Gasteiger partial charge on any atom is -0.337 e. The minimum atomic E-state index is -0.673. The van der Waals surface area contributed by atoms with Gasteiger partial charge in [-0.25, -0.2) is 4.39 Å². The van der Waals surface area contributed by atoms with E-state index in [1.807, 2.05) is 0 Å². The van der Waals surface area contributed by atoms with Crippen LogP contribution in [0.5, 0.6) is 0 Å². The van der Waals surface area contributed by atoms with Crippen LogP contribution in [0.15, 0.2) is 23.0 Å². The van der Waals surface area contributed by atoms with Crippen LogP contribution in [0.4, 0.5) is 4.39 Å². The van der Waals surface area contributed by atoms with Gasteiger partial charge in [0, 0.05) is 25.7 Å². The van der Waals surface area contributed by atoms with Gasteiger partial charge in [-0.2, -0.15) is 4.98 Å². The van der Waals surface area contributed by atoms with Crippen molar-refractivity contribution in [2.45, 2.75) is 32.7 Å². The zero-order valence-electron chi connectivity index (χ0n) is 14.7. The highest BCUT2D eigenvalue weighted by Gasteiger charge is 2.35. The Kier molecular flexibility index (Phi) is 5.24. The van der Waals surface area contributed by atoms with E-state index in [0.29, 0.717) is 31.8 Å². The molecule has 0 aromatic carbocycles. The molecule has 0 aliphatic carbocycles. The van der Waals surface area contributed by atoms with E-state index < -0.39 is 17.8 Å². The van der Waals surface area contributed by atoms with Crippen LogP contribution in [-0.4, -0.2) is 56.4 Å². The van der Waals surface area contributed by atoms with Gasteiger partial charge in [0.15, 0.2) is 11.6 Å². The Balaban J connectivity index is 1.91. The normalized spacial score (nSPS) is 17.9. The summed E-state index contributed by atoms with van der Waals surface area (Å²) in [4.78, 5) is 36.2. The molecule has 2 aromatic rings. The minimum absolute atomic E-state index is 0.0456. The molecule has 0 radical (unpaired) electrons. The number of halogens is 1. The summed E-state index contributed by atoms with van der Waals surface area (Å²) >= 11 is 0. The summed E-state index contributed by atoms with van der Waals surface area (Å²) in [5, 5.41) is 3.79. The Morgan fingerprint density at radius 3 is 2.85 bits per heavy atom. The average Bonchev–Trinajstić information content (AvgIpc) is 2.95. The molecular weight excluding hydrogens is 341 g/mol. The molecule has 0 N–H and O–H groups in total. The first kappa shape index (κ1) is 18.0. The first-order chi connectivity index (χ1) is 12.5. The molecule has 1 aliphatic rings. The van der Waals surface area contributed by atoms with Crippen LogP contribution < -0.4 is 0 Å². The molecular formula is C17H20FN5O3. The van der Waals surface area contributed by atoms with E-state index in [1.165, 1.54) is 17.2 Å². The van der Waals surface area contributed by atoms with E-state index in [2.05, 4.69) is 15.1 Å². The van der Waals surface area contributed by atoms with Crippen molar-refractivity contribution in [1.29, 1.82) is 0 Å². The highest BCUT2D eigenvalue weighted by molar-refractivity contribution is 5.94. The van der Waals surface area contributed by atoms with Gasteiger partial charge in [0.25, 0.3) is 11.8 Å². The molecule has 2 amide bonds. The predicted molar refractivity (Wildman–Crippen MR) is 88.5 cm³/mol. The molecule has 0 saturated carbocycles. The molecule has 1 unspecified atom stereocenters. The van der Waals surface area contributed by atoms with Crippen LogP contribution >= 0.6 is 0 Å². The summed E-state index contributed by atoms with van der Waals surface area (Å²) in [5.74, 6) is -0.453. The fourth-order valence-corrected chi connectivity index (χ4v) is 3.05. The molecule has 1 saturated heterocycles. The molecule has 0 bridgehead atoms. The quantitative estimate of drug-likeness (QED) is 0.827. The van der Waals surface area contributed by atoms with E-state index in [1.54, 1.807) is 18.7 Å². The molecule has 138 valence electrons. The number of pyridine rings is 1. The van der Waals surface area contributed by atoms with E-state index in [-0.39, 0.29) is 23.9 Å². The highest BCUT2D eigenvalue weighted by Crippen LogP contribution is 2.26. The molecule has 0 spiro atoms. The van der Waals surface area contributed by atoms with Crippen molar-refractivity contribution in [2.24, 2.45) is 0 Å². The number of nitrogens with zero attached hydrogens (tertiary/aromatic N) is 5. The fourth-order valence-electron chi connectivity index (χ4n) is 3.05. The summed E-state index contributed by atoms with van der Waals surface area (Å²) in [7, 11) is 0. The van der Waals surface area contributed by atoms with Gasteiger partial charge in [0.1, 0.15) is 6.04 Å². The third-order valence-electron chi connectivity index (χ3n) is 4.34. The molecule has 1 fully saturated rings. The maximum absolute atomic E-state index is 14.0. The lowest BCUT2D eigenvalue weighted by molar-refractivity contribution is -0.133. The van der Waals surface area contributed by atoms with Gasteiger partial charge in [-0.15, -0.1) is 0 Å². The van der Waals surface area contributed by atoms with Crippen LogP contribution in [0, 0.1) is 12.7 Å². The van der Waals surface area contributed by atoms with Crippen molar-refractivity contribution in [3.8, 4) is 0 Å². The van der Waals surface area contributed by atoms with Crippen molar-refractivity contribution in [1.82, 2.24) is 24.9 Å². The van der Waals surface area contributed by atoms with Gasteiger partial charge in [-0.3, -0.25) is 14.6 Å². The van der Waals surface area contributed by atoms with Gasteiger partial charge in [0.05, 0.1) is 18.3 Å². The molecule has 8 nitrogen and oxygen atoms in total. The molecule has 2 aromatic heterocycles. The van der Waals surface area contributed by atoms with Gasteiger partial charge in [-0.05, 0) is 19.4 Å². The molecule has 1 atom stereocenters. The third kappa shape index (κ3) is 3.56. The first-order valence-corrected chi connectivity index (χ1v) is 8.49. The summed E-state index contributed by atoms with van der Waals surface area (Å²) in [6.07, 6.45) is 3.29. The maximum Gasteiger partial charge on any atom is 0.257 e. The summed E-state index contributed by atoms with van der Waals surface area (Å²) in [6, 6.07) is 0.795. The topological polar surface area (TPSA) is 92.4 Å². The number of hydrogen-bond acceptors (Lipinski definition) is 6. The lowest BCUT2D eigenvalue weighted by Gasteiger charge is -2.29. The molecule has 9 heteroatoms. The Hall–Kier alpha value is -2.84. The standard InChI is InChI=1S/C17H20FN5O3/c1-3-15(24)23-8-4-7-22(10-14(23)16-20-11(2)21-26-16)17(25)12-5-6-19-9-13(12)18/h5-6,9,14H,3-4,7-8,10H2,1-2H3. The Labute approximate surface area is 150 Å². The van der Waals surface area contributed by atoms with Gasteiger partial charge in [-0.1, -0.05) is 12.1 Å². The second-order valence-electron chi connectivity index (χ2n) is 6.10. The summed E-state index contributed by atoms with van der Waals surface area (Å²) in [5.41, 5.74) is -0.0456. The van der Waals surface area contributed by atoms with Crippen molar-refractivity contribution >= 4 is 11.8 Å². The smallest absolute Gasteiger partial charge is 0.257 e. The highest BCUT2D eigenvalue weighted by atomic mass is 19.1. The van der Waals surface area contributed by atoms with Crippen molar-refractivity contribution in [3.05, 3.63) is 41.6 Å². The van der Waals surface area contributed by atoms with Gasteiger partial charge < -0.3 is 14.3 Å². The zero-order chi connectivity index (χ0) is 18.7. The van der Waals surface area contributed by atoms with E-state index in [4.69, 9.17) is 4.52 Å². The Bertz CT molecular complexity index is 809. The molecule has 1 aliphatic heterocycles. The van der Waals surface area contributed by atoms with E-state index in [0.717, 1.165) is 6.20 Å². The van der Waals surface area contributed by atoms with E-state index >= 15 is 0 Å². The lowest BCUT2D eigenvalue weighted by atomic mass is 10.2. The number of rotatable bonds is 3.